The maximum Gasteiger partial charge on any atom is 0.306 e. The molecule has 0 aromatic rings. The summed E-state index contributed by atoms with van der Waals surface area (Å²) in [5.41, 5.74) is 0. The first-order valence-electron chi connectivity index (χ1n) is 7.29. The van der Waals surface area contributed by atoms with Gasteiger partial charge in [0, 0.05) is 13.1 Å². The van der Waals surface area contributed by atoms with E-state index in [9.17, 15) is 9.59 Å². The highest BCUT2D eigenvalue weighted by molar-refractivity contribution is 5.78. The Morgan fingerprint density at radius 1 is 1.16 bits per heavy atom. The summed E-state index contributed by atoms with van der Waals surface area (Å²) >= 11 is 0. The van der Waals surface area contributed by atoms with Crippen LogP contribution in [0.2, 0.25) is 0 Å². The molecule has 0 bridgehead atoms. The first-order chi connectivity index (χ1) is 9.08. The topological polar surface area (TPSA) is 69.6 Å². The Labute approximate surface area is 115 Å². The van der Waals surface area contributed by atoms with Crippen LogP contribution < -0.4 is 5.32 Å². The smallest absolute Gasteiger partial charge is 0.306 e. The molecule has 1 rings (SSSR count). The molecule has 0 saturated heterocycles. The Kier molecular flexibility index (Phi) is 6.84. The summed E-state index contributed by atoms with van der Waals surface area (Å²) in [6.07, 6.45) is 3.43. The molecule has 0 unspecified atom stereocenters. The second kappa shape index (κ2) is 8.15. The van der Waals surface area contributed by atoms with E-state index in [0.29, 0.717) is 12.5 Å². The Hall–Kier alpha value is -1.10. The Morgan fingerprint density at radius 3 is 2.21 bits per heavy atom. The minimum atomic E-state index is -0.664. The third kappa shape index (κ3) is 5.19. The van der Waals surface area contributed by atoms with Gasteiger partial charge in [-0.05, 0) is 52.0 Å². The molecule has 0 spiro atoms. The van der Waals surface area contributed by atoms with Gasteiger partial charge in [-0.2, -0.15) is 0 Å². The number of hydrogen-bond donors (Lipinski definition) is 2. The van der Waals surface area contributed by atoms with Gasteiger partial charge in [0.05, 0.1) is 12.5 Å². The summed E-state index contributed by atoms with van der Waals surface area (Å²) in [6, 6.07) is 0. The quantitative estimate of drug-likeness (QED) is 0.732. The molecular weight excluding hydrogens is 244 g/mol. The van der Waals surface area contributed by atoms with Crippen LogP contribution in [-0.4, -0.2) is 48.1 Å². The molecule has 0 aromatic heterocycles. The minimum Gasteiger partial charge on any atom is -0.481 e. The van der Waals surface area contributed by atoms with Crippen molar-refractivity contribution in [2.24, 2.45) is 11.8 Å². The van der Waals surface area contributed by atoms with Crippen LogP contribution in [0.1, 0.15) is 39.5 Å². The highest BCUT2D eigenvalue weighted by Gasteiger charge is 2.25. The molecule has 1 aliphatic carbocycles. The SMILES string of the molecule is CCN(CC)C(=O)CNCC1CCC(C(=O)O)CC1. The van der Waals surface area contributed by atoms with E-state index in [2.05, 4.69) is 5.32 Å². The molecule has 5 nitrogen and oxygen atoms in total. The number of carbonyl (C=O) groups is 2. The van der Waals surface area contributed by atoms with E-state index in [4.69, 9.17) is 5.11 Å². The fraction of sp³-hybridized carbons (Fsp3) is 0.857. The third-order valence-electron chi connectivity index (χ3n) is 4.02. The zero-order chi connectivity index (χ0) is 14.3. The first kappa shape index (κ1) is 16.0. The lowest BCUT2D eigenvalue weighted by molar-refractivity contribution is -0.143. The van der Waals surface area contributed by atoms with Crippen LogP contribution in [0, 0.1) is 11.8 Å². The minimum absolute atomic E-state index is 0.143. The second-order valence-electron chi connectivity index (χ2n) is 5.25. The van der Waals surface area contributed by atoms with Crippen LogP contribution in [-0.2, 0) is 9.59 Å². The number of likely N-dealkylation sites (N-methyl/N-ethyl adjacent to an activating group) is 1. The number of carboxylic acids is 1. The molecule has 1 fully saturated rings. The lowest BCUT2D eigenvalue weighted by Crippen LogP contribution is -2.39. The summed E-state index contributed by atoms with van der Waals surface area (Å²) in [5, 5.41) is 12.1. The van der Waals surface area contributed by atoms with Crippen molar-refractivity contribution < 1.29 is 14.7 Å². The molecule has 1 saturated carbocycles. The largest absolute Gasteiger partial charge is 0.481 e. The molecule has 1 amide bonds. The number of amides is 1. The summed E-state index contributed by atoms with van der Waals surface area (Å²) in [4.78, 5) is 24.4. The number of carbonyl (C=O) groups excluding carboxylic acids is 1. The standard InChI is InChI=1S/C14H26N2O3/c1-3-16(4-2)13(17)10-15-9-11-5-7-12(8-6-11)14(18)19/h11-12,15H,3-10H2,1-2H3,(H,18,19). The van der Waals surface area contributed by atoms with Crippen molar-refractivity contribution in [1.29, 1.82) is 0 Å². The maximum absolute atomic E-state index is 11.8. The Balaban J connectivity index is 2.17. The Morgan fingerprint density at radius 2 is 1.74 bits per heavy atom. The van der Waals surface area contributed by atoms with Crippen molar-refractivity contribution in [3.05, 3.63) is 0 Å². The number of nitrogens with zero attached hydrogens (tertiary/aromatic N) is 1. The summed E-state index contributed by atoms with van der Waals surface area (Å²) in [7, 11) is 0. The number of carboxylic acid groups (broad SMARTS) is 1. The predicted molar refractivity (Wildman–Crippen MR) is 73.9 cm³/mol. The third-order valence-corrected chi connectivity index (χ3v) is 4.02. The highest BCUT2D eigenvalue weighted by Crippen LogP contribution is 2.28. The van der Waals surface area contributed by atoms with Crippen LogP contribution in [0.4, 0.5) is 0 Å². The van der Waals surface area contributed by atoms with Gasteiger partial charge in [0.2, 0.25) is 5.91 Å². The molecule has 5 heteroatoms. The van der Waals surface area contributed by atoms with E-state index in [-0.39, 0.29) is 11.8 Å². The monoisotopic (exact) mass is 270 g/mol. The molecule has 0 radical (unpaired) electrons. The van der Waals surface area contributed by atoms with Crippen molar-refractivity contribution in [2.75, 3.05) is 26.2 Å². The molecule has 110 valence electrons. The van der Waals surface area contributed by atoms with E-state index >= 15 is 0 Å². The fourth-order valence-electron chi connectivity index (χ4n) is 2.68. The average molecular weight is 270 g/mol. The van der Waals surface area contributed by atoms with E-state index in [1.54, 1.807) is 0 Å². The molecule has 2 N–H and O–H groups in total. The fourth-order valence-corrected chi connectivity index (χ4v) is 2.68. The van der Waals surface area contributed by atoms with Gasteiger partial charge in [0.25, 0.3) is 0 Å². The van der Waals surface area contributed by atoms with Gasteiger partial charge in [-0.25, -0.2) is 0 Å². The van der Waals surface area contributed by atoms with Gasteiger partial charge in [-0.15, -0.1) is 0 Å². The van der Waals surface area contributed by atoms with Crippen LogP contribution in [0.5, 0.6) is 0 Å². The molecule has 0 aliphatic heterocycles. The van der Waals surface area contributed by atoms with Crippen LogP contribution in [0.15, 0.2) is 0 Å². The van der Waals surface area contributed by atoms with Crippen molar-refractivity contribution in [3.8, 4) is 0 Å². The number of rotatable bonds is 7. The molecule has 1 aliphatic rings. The van der Waals surface area contributed by atoms with Crippen LogP contribution >= 0.6 is 0 Å². The maximum atomic E-state index is 11.8. The van der Waals surface area contributed by atoms with Gasteiger partial charge in [0.15, 0.2) is 0 Å². The van der Waals surface area contributed by atoms with E-state index in [0.717, 1.165) is 45.3 Å². The number of hydrogen-bond acceptors (Lipinski definition) is 3. The normalized spacial score (nSPS) is 23.1. The van der Waals surface area contributed by atoms with Crippen LogP contribution in [0.3, 0.4) is 0 Å². The lowest BCUT2D eigenvalue weighted by atomic mass is 9.82. The second-order valence-corrected chi connectivity index (χ2v) is 5.25. The lowest BCUT2D eigenvalue weighted by Gasteiger charge is -2.26. The van der Waals surface area contributed by atoms with Gasteiger partial charge >= 0.3 is 5.97 Å². The first-order valence-corrected chi connectivity index (χ1v) is 7.29. The molecule has 0 aromatic carbocycles. The van der Waals surface area contributed by atoms with Gasteiger partial charge < -0.3 is 15.3 Å². The van der Waals surface area contributed by atoms with Gasteiger partial charge in [-0.3, -0.25) is 9.59 Å². The van der Waals surface area contributed by atoms with Crippen molar-refractivity contribution in [2.45, 2.75) is 39.5 Å². The van der Waals surface area contributed by atoms with E-state index < -0.39 is 5.97 Å². The molecular formula is C14H26N2O3. The molecule has 0 heterocycles. The Bertz CT molecular complexity index is 295. The van der Waals surface area contributed by atoms with Crippen molar-refractivity contribution >= 4 is 11.9 Å². The molecule has 19 heavy (non-hydrogen) atoms. The number of aliphatic carboxylic acids is 1. The zero-order valence-corrected chi connectivity index (χ0v) is 12.0. The van der Waals surface area contributed by atoms with Crippen molar-refractivity contribution in [1.82, 2.24) is 10.2 Å². The van der Waals surface area contributed by atoms with Gasteiger partial charge in [-0.1, -0.05) is 0 Å². The summed E-state index contributed by atoms with van der Waals surface area (Å²) < 4.78 is 0. The van der Waals surface area contributed by atoms with E-state index in [1.165, 1.54) is 0 Å². The van der Waals surface area contributed by atoms with Crippen molar-refractivity contribution in [3.63, 3.8) is 0 Å². The zero-order valence-electron chi connectivity index (χ0n) is 12.0. The number of nitrogens with one attached hydrogen (secondary N) is 1. The van der Waals surface area contributed by atoms with E-state index in [1.807, 2.05) is 18.7 Å². The average Bonchev–Trinajstić information content (AvgIpc) is 2.40. The summed E-state index contributed by atoms with van der Waals surface area (Å²) in [5.74, 6) is -0.166. The predicted octanol–water partition coefficient (Wildman–Crippen LogP) is 1.34. The molecule has 0 atom stereocenters. The highest BCUT2D eigenvalue weighted by atomic mass is 16.4. The van der Waals surface area contributed by atoms with Crippen LogP contribution in [0.25, 0.3) is 0 Å². The summed E-state index contributed by atoms with van der Waals surface area (Å²) in [6.45, 7) is 6.67. The van der Waals surface area contributed by atoms with Gasteiger partial charge in [0.1, 0.15) is 0 Å².